The van der Waals surface area contributed by atoms with Crippen molar-refractivity contribution in [3.63, 3.8) is 0 Å². The molecule has 16 heavy (non-hydrogen) atoms. The van der Waals surface area contributed by atoms with Gasteiger partial charge in [-0.15, -0.1) is 0 Å². The van der Waals surface area contributed by atoms with Gasteiger partial charge in [-0.05, 0) is 13.8 Å². The standard InChI is InChI=1S/C8H14N4O3S/c1-5-8(6(2)11-10-5)16(14,15)12(3)4-7(9)13/h4H2,1-3H3,(H2,9,13)(H,10,11). The zero-order valence-electron chi connectivity index (χ0n) is 9.31. The molecule has 0 radical (unpaired) electrons. The van der Waals surface area contributed by atoms with E-state index in [1.165, 1.54) is 7.05 Å². The average molecular weight is 246 g/mol. The quantitative estimate of drug-likeness (QED) is 0.719. The average Bonchev–Trinajstić information content (AvgIpc) is 2.45. The molecule has 1 rings (SSSR count). The van der Waals surface area contributed by atoms with Crippen LogP contribution in [0.4, 0.5) is 0 Å². The van der Waals surface area contributed by atoms with Crippen LogP contribution >= 0.6 is 0 Å². The Morgan fingerprint density at radius 2 is 2.06 bits per heavy atom. The van der Waals surface area contributed by atoms with Crippen LogP contribution in [0.1, 0.15) is 11.4 Å². The summed E-state index contributed by atoms with van der Waals surface area (Å²) in [6.07, 6.45) is 0. The summed E-state index contributed by atoms with van der Waals surface area (Å²) in [6.45, 7) is 2.83. The Balaban J connectivity index is 3.17. The first-order valence-electron chi connectivity index (χ1n) is 4.53. The van der Waals surface area contributed by atoms with Crippen LogP contribution in [0.5, 0.6) is 0 Å². The van der Waals surface area contributed by atoms with Crippen LogP contribution in [0.2, 0.25) is 0 Å². The molecule has 3 N–H and O–H groups in total. The van der Waals surface area contributed by atoms with E-state index in [1.54, 1.807) is 13.8 Å². The molecule has 0 bridgehead atoms. The van der Waals surface area contributed by atoms with Gasteiger partial charge in [0, 0.05) is 7.05 Å². The SMILES string of the molecule is Cc1n[nH]c(C)c1S(=O)(=O)N(C)CC(N)=O. The Hall–Kier alpha value is -1.41. The number of carbonyl (C=O) groups is 1. The normalized spacial score (nSPS) is 12.0. The van der Waals surface area contributed by atoms with Crippen LogP contribution in [0.25, 0.3) is 0 Å². The van der Waals surface area contributed by atoms with E-state index < -0.39 is 15.9 Å². The first kappa shape index (κ1) is 12.7. The summed E-state index contributed by atoms with van der Waals surface area (Å²) in [4.78, 5) is 10.8. The van der Waals surface area contributed by atoms with E-state index in [0.717, 1.165) is 4.31 Å². The third kappa shape index (κ3) is 2.22. The van der Waals surface area contributed by atoms with Crippen molar-refractivity contribution in [1.82, 2.24) is 14.5 Å². The van der Waals surface area contributed by atoms with Crippen LogP contribution in [0.3, 0.4) is 0 Å². The van der Waals surface area contributed by atoms with Crippen LogP contribution in [-0.2, 0) is 14.8 Å². The Labute approximate surface area is 93.7 Å². The minimum Gasteiger partial charge on any atom is -0.369 e. The van der Waals surface area contributed by atoms with Crippen molar-refractivity contribution >= 4 is 15.9 Å². The molecule has 0 unspecified atom stereocenters. The van der Waals surface area contributed by atoms with E-state index in [-0.39, 0.29) is 11.4 Å². The molecule has 0 aliphatic heterocycles. The highest BCUT2D eigenvalue weighted by Crippen LogP contribution is 2.19. The first-order valence-corrected chi connectivity index (χ1v) is 5.97. The van der Waals surface area contributed by atoms with E-state index in [0.29, 0.717) is 11.4 Å². The third-order valence-corrected chi connectivity index (χ3v) is 4.17. The van der Waals surface area contributed by atoms with Crippen LogP contribution in [0, 0.1) is 13.8 Å². The van der Waals surface area contributed by atoms with Gasteiger partial charge in [-0.2, -0.15) is 9.40 Å². The number of rotatable bonds is 4. The maximum absolute atomic E-state index is 12.0. The van der Waals surface area contributed by atoms with Crippen LogP contribution in [-0.4, -0.2) is 42.4 Å². The zero-order valence-corrected chi connectivity index (χ0v) is 10.1. The van der Waals surface area contributed by atoms with Gasteiger partial charge in [0.2, 0.25) is 15.9 Å². The van der Waals surface area contributed by atoms with Gasteiger partial charge in [0.25, 0.3) is 0 Å². The van der Waals surface area contributed by atoms with E-state index in [4.69, 9.17) is 5.73 Å². The van der Waals surface area contributed by atoms with Gasteiger partial charge in [-0.3, -0.25) is 9.89 Å². The molecule has 0 saturated carbocycles. The van der Waals surface area contributed by atoms with Crippen molar-refractivity contribution in [2.75, 3.05) is 13.6 Å². The molecule has 0 fully saturated rings. The van der Waals surface area contributed by atoms with Crippen molar-refractivity contribution < 1.29 is 13.2 Å². The minimum absolute atomic E-state index is 0.0938. The highest BCUT2D eigenvalue weighted by molar-refractivity contribution is 7.89. The molecule has 1 heterocycles. The smallest absolute Gasteiger partial charge is 0.246 e. The number of likely N-dealkylation sites (N-methyl/N-ethyl adjacent to an activating group) is 1. The van der Waals surface area contributed by atoms with E-state index in [1.807, 2.05) is 0 Å². The largest absolute Gasteiger partial charge is 0.369 e. The predicted molar refractivity (Wildman–Crippen MR) is 57.1 cm³/mol. The fourth-order valence-electron chi connectivity index (χ4n) is 1.38. The summed E-state index contributed by atoms with van der Waals surface area (Å²) in [6, 6.07) is 0. The topological polar surface area (TPSA) is 109 Å². The molecule has 1 aromatic rings. The molecule has 1 amide bonds. The van der Waals surface area contributed by atoms with Crippen molar-refractivity contribution in [3.05, 3.63) is 11.4 Å². The monoisotopic (exact) mass is 246 g/mol. The molecular formula is C8H14N4O3S. The number of nitrogens with zero attached hydrogens (tertiary/aromatic N) is 2. The second-order valence-corrected chi connectivity index (χ2v) is 5.47. The summed E-state index contributed by atoms with van der Waals surface area (Å²) in [5.41, 5.74) is 5.76. The maximum Gasteiger partial charge on any atom is 0.246 e. The number of hydrogen-bond donors (Lipinski definition) is 2. The highest BCUT2D eigenvalue weighted by Gasteiger charge is 2.27. The van der Waals surface area contributed by atoms with Gasteiger partial charge < -0.3 is 5.73 Å². The lowest BCUT2D eigenvalue weighted by molar-refractivity contribution is -0.118. The van der Waals surface area contributed by atoms with Crippen LogP contribution in [0.15, 0.2) is 4.90 Å². The molecule has 1 aromatic heterocycles. The molecule has 90 valence electrons. The number of aromatic nitrogens is 2. The van der Waals surface area contributed by atoms with E-state index in [9.17, 15) is 13.2 Å². The number of aryl methyl sites for hydroxylation is 2. The molecule has 8 heteroatoms. The number of amides is 1. The van der Waals surface area contributed by atoms with Gasteiger partial charge in [0.1, 0.15) is 4.90 Å². The molecule has 7 nitrogen and oxygen atoms in total. The second-order valence-electron chi connectivity index (χ2n) is 3.49. The van der Waals surface area contributed by atoms with Crippen molar-refractivity contribution in [3.8, 4) is 0 Å². The van der Waals surface area contributed by atoms with Gasteiger partial charge in [0.15, 0.2) is 0 Å². The van der Waals surface area contributed by atoms with Crippen LogP contribution < -0.4 is 5.73 Å². The molecule has 0 atom stereocenters. The van der Waals surface area contributed by atoms with Crippen molar-refractivity contribution in [1.29, 1.82) is 0 Å². The van der Waals surface area contributed by atoms with Crippen molar-refractivity contribution in [2.24, 2.45) is 5.73 Å². The molecule has 0 spiro atoms. The highest BCUT2D eigenvalue weighted by atomic mass is 32.2. The van der Waals surface area contributed by atoms with Crippen molar-refractivity contribution in [2.45, 2.75) is 18.7 Å². The Kier molecular flexibility index (Phi) is 3.34. The Morgan fingerprint density at radius 3 is 2.44 bits per heavy atom. The number of primary amides is 1. The second kappa shape index (κ2) is 4.22. The first-order chi connectivity index (χ1) is 7.26. The molecule has 0 aliphatic carbocycles. The lowest BCUT2D eigenvalue weighted by atomic mass is 10.4. The minimum atomic E-state index is -3.71. The fraction of sp³-hybridized carbons (Fsp3) is 0.500. The fourth-order valence-corrected chi connectivity index (χ4v) is 2.84. The number of nitrogens with two attached hydrogens (primary N) is 1. The number of nitrogens with one attached hydrogen (secondary N) is 1. The molecular weight excluding hydrogens is 232 g/mol. The third-order valence-electron chi connectivity index (χ3n) is 2.11. The van der Waals surface area contributed by atoms with Gasteiger partial charge in [0.05, 0.1) is 17.9 Å². The summed E-state index contributed by atoms with van der Waals surface area (Å²) in [7, 11) is -2.42. The summed E-state index contributed by atoms with van der Waals surface area (Å²) in [5.74, 6) is -0.704. The van der Waals surface area contributed by atoms with E-state index in [2.05, 4.69) is 10.2 Å². The summed E-state index contributed by atoms with van der Waals surface area (Å²) in [5, 5.41) is 6.38. The lowest BCUT2D eigenvalue weighted by Gasteiger charge is -2.15. The predicted octanol–water partition coefficient (Wildman–Crippen LogP) is -0.868. The molecule has 0 aromatic carbocycles. The maximum atomic E-state index is 12.0. The zero-order chi connectivity index (χ0) is 12.5. The molecule has 0 saturated heterocycles. The van der Waals surface area contributed by atoms with E-state index >= 15 is 0 Å². The summed E-state index contributed by atoms with van der Waals surface area (Å²) >= 11 is 0. The number of hydrogen-bond acceptors (Lipinski definition) is 4. The molecule has 0 aliphatic rings. The Morgan fingerprint density at radius 1 is 1.50 bits per heavy atom. The summed E-state index contributed by atoms with van der Waals surface area (Å²) < 4.78 is 25.0. The van der Waals surface area contributed by atoms with Gasteiger partial charge >= 0.3 is 0 Å². The number of H-pyrrole nitrogens is 1. The number of carbonyl (C=O) groups excluding carboxylic acids is 1. The van der Waals surface area contributed by atoms with Gasteiger partial charge in [-0.25, -0.2) is 8.42 Å². The number of aromatic amines is 1. The van der Waals surface area contributed by atoms with Gasteiger partial charge in [-0.1, -0.05) is 0 Å². The Bertz CT molecular complexity index is 486. The number of sulfonamides is 1. The lowest BCUT2D eigenvalue weighted by Crippen LogP contribution is -2.35.